The number of hydrogen-bond donors (Lipinski definition) is 0. The van der Waals surface area contributed by atoms with Gasteiger partial charge in [0.15, 0.2) is 0 Å². The second-order valence-electron chi connectivity index (χ2n) is 5.21. The minimum absolute atomic E-state index is 0.780. The van der Waals surface area contributed by atoms with E-state index in [-0.39, 0.29) is 0 Å². The molecule has 2 heterocycles. The molecule has 2 aromatic rings. The molecule has 17 heavy (non-hydrogen) atoms. The van der Waals surface area contributed by atoms with E-state index in [0.29, 0.717) is 0 Å². The molecular weight excluding hydrogens is 208 g/mol. The van der Waals surface area contributed by atoms with Crippen LogP contribution in [0.4, 0.5) is 0 Å². The summed E-state index contributed by atoms with van der Waals surface area (Å²) in [5, 5.41) is 0. The van der Waals surface area contributed by atoms with Gasteiger partial charge in [0.2, 0.25) is 0 Å². The lowest BCUT2D eigenvalue weighted by Crippen LogP contribution is -2.17. The molecule has 1 aliphatic rings. The summed E-state index contributed by atoms with van der Waals surface area (Å²) in [6, 6.07) is 8.58. The van der Waals surface area contributed by atoms with Gasteiger partial charge in [-0.25, -0.2) is 4.98 Å². The van der Waals surface area contributed by atoms with Crippen LogP contribution in [0.5, 0.6) is 0 Å². The number of nitrogens with zero attached hydrogens (tertiary/aromatic N) is 2. The molecule has 0 N–H and O–H groups in total. The van der Waals surface area contributed by atoms with Crippen LogP contribution < -0.4 is 0 Å². The Morgan fingerprint density at radius 3 is 3.06 bits per heavy atom. The molecule has 88 valence electrons. The van der Waals surface area contributed by atoms with Gasteiger partial charge in [-0.05, 0) is 25.3 Å². The molecule has 1 aromatic heterocycles. The first-order valence-electron chi connectivity index (χ1n) is 6.35. The van der Waals surface area contributed by atoms with Crippen LogP contribution in [-0.2, 0) is 13.0 Å². The first-order valence-corrected chi connectivity index (χ1v) is 6.35. The fourth-order valence-electron chi connectivity index (χ4n) is 2.56. The normalized spacial score (nSPS) is 19.1. The highest BCUT2D eigenvalue weighted by Crippen LogP contribution is 2.25. The van der Waals surface area contributed by atoms with Crippen molar-refractivity contribution in [2.75, 3.05) is 0 Å². The van der Waals surface area contributed by atoms with Gasteiger partial charge in [-0.15, -0.1) is 0 Å². The summed E-state index contributed by atoms with van der Waals surface area (Å²) in [6.45, 7) is 5.56. The van der Waals surface area contributed by atoms with Gasteiger partial charge in [-0.2, -0.15) is 0 Å². The highest BCUT2D eigenvalue weighted by Gasteiger charge is 2.17. The third-order valence-electron chi connectivity index (χ3n) is 3.54. The summed E-state index contributed by atoms with van der Waals surface area (Å²) in [6.07, 6.45) is 4.59. The maximum Gasteiger partial charge on any atom is 0.109 e. The van der Waals surface area contributed by atoms with Gasteiger partial charge in [0.05, 0.1) is 5.69 Å². The highest BCUT2D eigenvalue weighted by atomic mass is 15.1. The Labute approximate surface area is 102 Å². The number of imidazole rings is 1. The van der Waals surface area contributed by atoms with E-state index < -0.39 is 0 Å². The SMILES string of the molecule is Cc1cccc(-c2cn3c(n2)CCC(C)C3)c1. The fourth-order valence-corrected chi connectivity index (χ4v) is 2.56. The van der Waals surface area contributed by atoms with Crippen LogP contribution in [-0.4, -0.2) is 9.55 Å². The Hall–Kier alpha value is -1.57. The number of aromatic nitrogens is 2. The lowest BCUT2D eigenvalue weighted by molar-refractivity contribution is 0.394. The minimum atomic E-state index is 0.780. The lowest BCUT2D eigenvalue weighted by Gasteiger charge is -2.19. The van der Waals surface area contributed by atoms with E-state index in [0.717, 1.165) is 24.6 Å². The van der Waals surface area contributed by atoms with Crippen molar-refractivity contribution < 1.29 is 0 Å². The Morgan fingerprint density at radius 2 is 2.24 bits per heavy atom. The van der Waals surface area contributed by atoms with Crippen LogP contribution in [0.3, 0.4) is 0 Å². The molecule has 0 spiro atoms. The Balaban J connectivity index is 2.00. The van der Waals surface area contributed by atoms with Gasteiger partial charge in [-0.1, -0.05) is 30.7 Å². The second-order valence-corrected chi connectivity index (χ2v) is 5.21. The van der Waals surface area contributed by atoms with E-state index in [1.807, 2.05) is 0 Å². The smallest absolute Gasteiger partial charge is 0.109 e. The molecule has 1 atom stereocenters. The van der Waals surface area contributed by atoms with E-state index in [2.05, 4.69) is 48.9 Å². The quantitative estimate of drug-likeness (QED) is 0.728. The molecule has 0 bridgehead atoms. The summed E-state index contributed by atoms with van der Waals surface area (Å²) < 4.78 is 2.33. The van der Waals surface area contributed by atoms with Crippen molar-refractivity contribution in [3.8, 4) is 11.3 Å². The number of fused-ring (bicyclic) bond motifs is 1. The first-order chi connectivity index (χ1) is 8.22. The zero-order valence-electron chi connectivity index (χ0n) is 10.5. The van der Waals surface area contributed by atoms with E-state index in [1.165, 1.54) is 23.4 Å². The maximum atomic E-state index is 4.76. The monoisotopic (exact) mass is 226 g/mol. The average Bonchev–Trinajstić information content (AvgIpc) is 2.72. The van der Waals surface area contributed by atoms with Crippen LogP contribution in [0.15, 0.2) is 30.5 Å². The third-order valence-corrected chi connectivity index (χ3v) is 3.54. The van der Waals surface area contributed by atoms with Crippen molar-refractivity contribution >= 4 is 0 Å². The largest absolute Gasteiger partial charge is 0.334 e. The Morgan fingerprint density at radius 1 is 1.35 bits per heavy atom. The molecule has 0 saturated heterocycles. The molecule has 0 aliphatic carbocycles. The summed E-state index contributed by atoms with van der Waals surface area (Å²) in [5.41, 5.74) is 3.65. The summed E-state index contributed by atoms with van der Waals surface area (Å²) in [7, 11) is 0. The molecular formula is C15H18N2. The number of aryl methyl sites for hydroxylation is 2. The van der Waals surface area contributed by atoms with Gasteiger partial charge >= 0.3 is 0 Å². The molecule has 3 rings (SSSR count). The summed E-state index contributed by atoms with van der Waals surface area (Å²) >= 11 is 0. The van der Waals surface area contributed by atoms with E-state index in [4.69, 9.17) is 4.98 Å². The zero-order valence-corrected chi connectivity index (χ0v) is 10.5. The van der Waals surface area contributed by atoms with Crippen molar-refractivity contribution in [3.05, 3.63) is 41.9 Å². The van der Waals surface area contributed by atoms with Crippen molar-refractivity contribution in [1.82, 2.24) is 9.55 Å². The predicted octanol–water partition coefficient (Wildman–Crippen LogP) is 3.44. The van der Waals surface area contributed by atoms with Crippen LogP contribution in [0.1, 0.15) is 24.7 Å². The highest BCUT2D eigenvalue weighted by molar-refractivity contribution is 5.59. The van der Waals surface area contributed by atoms with Crippen molar-refractivity contribution in [2.24, 2.45) is 5.92 Å². The third kappa shape index (κ3) is 1.99. The lowest BCUT2D eigenvalue weighted by atomic mass is 10.0. The molecule has 0 radical (unpaired) electrons. The summed E-state index contributed by atoms with van der Waals surface area (Å²) in [5.74, 6) is 2.03. The molecule has 1 aliphatic heterocycles. The maximum absolute atomic E-state index is 4.76. The van der Waals surface area contributed by atoms with E-state index in [9.17, 15) is 0 Å². The van der Waals surface area contributed by atoms with Gasteiger partial charge in [0.1, 0.15) is 5.82 Å². The topological polar surface area (TPSA) is 17.8 Å². The molecule has 0 amide bonds. The van der Waals surface area contributed by atoms with Crippen LogP contribution in [0.25, 0.3) is 11.3 Å². The minimum Gasteiger partial charge on any atom is -0.334 e. The van der Waals surface area contributed by atoms with Gasteiger partial charge in [-0.3, -0.25) is 0 Å². The van der Waals surface area contributed by atoms with Gasteiger partial charge in [0.25, 0.3) is 0 Å². The molecule has 1 aromatic carbocycles. The van der Waals surface area contributed by atoms with Crippen molar-refractivity contribution in [1.29, 1.82) is 0 Å². The Kier molecular flexibility index (Phi) is 2.50. The van der Waals surface area contributed by atoms with Crippen LogP contribution in [0.2, 0.25) is 0 Å². The fraction of sp³-hybridized carbons (Fsp3) is 0.400. The molecule has 1 unspecified atom stereocenters. The number of benzene rings is 1. The van der Waals surface area contributed by atoms with Gasteiger partial charge in [0, 0.05) is 24.7 Å². The van der Waals surface area contributed by atoms with Gasteiger partial charge < -0.3 is 4.57 Å². The molecule has 2 heteroatoms. The second kappa shape index (κ2) is 4.02. The molecule has 0 fully saturated rings. The molecule has 2 nitrogen and oxygen atoms in total. The summed E-state index contributed by atoms with van der Waals surface area (Å²) in [4.78, 5) is 4.76. The predicted molar refractivity (Wildman–Crippen MR) is 69.9 cm³/mol. The number of hydrogen-bond acceptors (Lipinski definition) is 1. The average molecular weight is 226 g/mol. The molecule has 0 saturated carbocycles. The Bertz CT molecular complexity index is 540. The zero-order chi connectivity index (χ0) is 11.8. The van der Waals surface area contributed by atoms with Crippen molar-refractivity contribution in [2.45, 2.75) is 33.2 Å². The van der Waals surface area contributed by atoms with E-state index in [1.54, 1.807) is 0 Å². The van der Waals surface area contributed by atoms with Crippen LogP contribution in [0, 0.1) is 12.8 Å². The standard InChI is InChI=1S/C15H18N2/c1-11-4-3-5-13(8-11)14-10-17-9-12(2)6-7-15(17)16-14/h3-5,8,10,12H,6-7,9H2,1-2H3. The van der Waals surface area contributed by atoms with Crippen molar-refractivity contribution in [3.63, 3.8) is 0 Å². The first kappa shape index (κ1) is 10.6. The van der Waals surface area contributed by atoms with E-state index >= 15 is 0 Å². The van der Waals surface area contributed by atoms with Crippen LogP contribution >= 0.6 is 0 Å². The number of rotatable bonds is 1.